The van der Waals surface area contributed by atoms with Gasteiger partial charge in [0.15, 0.2) is 5.12 Å². The molecule has 0 unspecified atom stereocenters. The van der Waals surface area contributed by atoms with E-state index in [9.17, 15) is 20.1 Å². The number of carbonyl (C=O) groups is 1. The molecule has 1 fully saturated rings. The predicted octanol–water partition coefficient (Wildman–Crippen LogP) is -0.908. The van der Waals surface area contributed by atoms with Gasteiger partial charge in [-0.3, -0.25) is 4.79 Å². The van der Waals surface area contributed by atoms with E-state index in [1.54, 1.807) is 20.8 Å². The highest BCUT2D eigenvalue weighted by Crippen LogP contribution is 2.33. The summed E-state index contributed by atoms with van der Waals surface area (Å²) in [7, 11) is 0. The van der Waals surface area contributed by atoms with E-state index in [-0.39, 0.29) is 5.12 Å². The lowest BCUT2D eigenvalue weighted by molar-refractivity contribution is -0.205. The van der Waals surface area contributed by atoms with Crippen molar-refractivity contribution in [1.82, 2.24) is 0 Å². The molecule has 1 heterocycles. The largest absolute Gasteiger partial charge is 0.394 e. The van der Waals surface area contributed by atoms with Gasteiger partial charge >= 0.3 is 0 Å². The first-order chi connectivity index (χ1) is 8.18. The summed E-state index contributed by atoms with van der Waals surface area (Å²) < 4.78 is 5.23. The Balaban J connectivity index is 2.74. The highest BCUT2D eigenvalue weighted by Gasteiger charge is 2.45. The van der Waals surface area contributed by atoms with Crippen LogP contribution in [-0.4, -0.2) is 62.0 Å². The van der Waals surface area contributed by atoms with Gasteiger partial charge in [0.05, 0.1) is 6.61 Å². The molecule has 0 spiro atoms. The minimum Gasteiger partial charge on any atom is -0.394 e. The van der Waals surface area contributed by atoms with E-state index in [0.717, 1.165) is 11.8 Å². The fraction of sp³-hybridized carbons (Fsp3) is 0.909. The molecule has 0 saturated carbocycles. The van der Waals surface area contributed by atoms with E-state index < -0.39 is 41.9 Å². The zero-order chi connectivity index (χ0) is 14.1. The lowest BCUT2D eigenvalue weighted by Crippen LogP contribution is -2.57. The second-order valence-corrected chi connectivity index (χ2v) is 6.42. The minimum absolute atomic E-state index is 0.202. The standard InChI is InChI=1S/C11H20O6S/c1-11(2,3)10(16)18-9-8(15)7(14)6(13)5(4-12)17-9/h5-9,12-15H,4H2,1-3H3/t5-,6+,7+,8-,9+/m0/s1. The first kappa shape index (κ1) is 15.9. The molecule has 1 aliphatic rings. The maximum atomic E-state index is 11.8. The Labute approximate surface area is 110 Å². The summed E-state index contributed by atoms with van der Waals surface area (Å²) in [5.74, 6) is 0. The van der Waals surface area contributed by atoms with Gasteiger partial charge < -0.3 is 25.2 Å². The lowest BCUT2D eigenvalue weighted by Gasteiger charge is -2.39. The van der Waals surface area contributed by atoms with Crippen LogP contribution in [0.25, 0.3) is 0 Å². The Hall–Kier alpha value is -0.180. The lowest BCUT2D eigenvalue weighted by atomic mass is 9.99. The zero-order valence-electron chi connectivity index (χ0n) is 10.6. The van der Waals surface area contributed by atoms with Crippen LogP contribution in [0.5, 0.6) is 0 Å². The number of aliphatic hydroxyl groups is 4. The van der Waals surface area contributed by atoms with Crippen molar-refractivity contribution in [1.29, 1.82) is 0 Å². The van der Waals surface area contributed by atoms with Gasteiger partial charge in [-0.15, -0.1) is 0 Å². The number of aliphatic hydroxyl groups excluding tert-OH is 4. The van der Waals surface area contributed by atoms with Crippen molar-refractivity contribution in [2.45, 2.75) is 50.6 Å². The summed E-state index contributed by atoms with van der Waals surface area (Å²) in [5.41, 5.74) is -1.60. The molecule has 4 N–H and O–H groups in total. The molecular formula is C11H20O6S. The smallest absolute Gasteiger partial charge is 0.196 e. The molecule has 106 valence electrons. The van der Waals surface area contributed by atoms with Gasteiger partial charge in [0, 0.05) is 5.41 Å². The highest BCUT2D eigenvalue weighted by molar-refractivity contribution is 8.14. The van der Waals surface area contributed by atoms with Gasteiger partial charge in [-0.05, 0) is 0 Å². The fourth-order valence-electron chi connectivity index (χ4n) is 1.45. The van der Waals surface area contributed by atoms with Crippen molar-refractivity contribution in [2.75, 3.05) is 6.61 Å². The van der Waals surface area contributed by atoms with Gasteiger partial charge in [-0.2, -0.15) is 0 Å². The number of ether oxygens (including phenoxy) is 1. The van der Waals surface area contributed by atoms with Gasteiger partial charge in [0.1, 0.15) is 29.9 Å². The monoisotopic (exact) mass is 280 g/mol. The Morgan fingerprint density at radius 2 is 1.72 bits per heavy atom. The van der Waals surface area contributed by atoms with Crippen molar-refractivity contribution >= 4 is 16.9 Å². The zero-order valence-corrected chi connectivity index (χ0v) is 11.4. The highest BCUT2D eigenvalue weighted by atomic mass is 32.2. The van der Waals surface area contributed by atoms with Crippen LogP contribution < -0.4 is 0 Å². The van der Waals surface area contributed by atoms with E-state index >= 15 is 0 Å². The quantitative estimate of drug-likeness (QED) is 0.519. The van der Waals surface area contributed by atoms with Gasteiger partial charge in [-0.25, -0.2) is 0 Å². The summed E-state index contributed by atoms with van der Waals surface area (Å²) in [6, 6.07) is 0. The third kappa shape index (κ3) is 3.43. The summed E-state index contributed by atoms with van der Waals surface area (Å²) in [5, 5.41) is 37.7. The van der Waals surface area contributed by atoms with Gasteiger partial charge in [0.25, 0.3) is 0 Å². The van der Waals surface area contributed by atoms with Gasteiger partial charge in [-0.1, -0.05) is 32.5 Å². The maximum Gasteiger partial charge on any atom is 0.196 e. The van der Waals surface area contributed by atoms with Crippen LogP contribution in [-0.2, 0) is 9.53 Å². The van der Waals surface area contributed by atoms with Crippen LogP contribution in [0, 0.1) is 5.41 Å². The summed E-state index contributed by atoms with van der Waals surface area (Å²) in [6.07, 6.45) is -5.19. The molecule has 6 nitrogen and oxygen atoms in total. The van der Waals surface area contributed by atoms with E-state index in [1.165, 1.54) is 0 Å². The van der Waals surface area contributed by atoms with Crippen LogP contribution >= 0.6 is 11.8 Å². The molecule has 18 heavy (non-hydrogen) atoms. The van der Waals surface area contributed by atoms with E-state index in [2.05, 4.69) is 0 Å². The SMILES string of the molecule is CC(C)(C)C(=O)S[C@H]1O[C@@H](CO)[C@@H](O)[C@@H](O)[C@@H]1O. The average molecular weight is 280 g/mol. The topological polar surface area (TPSA) is 107 Å². The number of carbonyl (C=O) groups excluding carboxylic acids is 1. The molecule has 0 bridgehead atoms. The number of hydrogen-bond donors (Lipinski definition) is 4. The van der Waals surface area contributed by atoms with Crippen LogP contribution in [0.15, 0.2) is 0 Å². The second kappa shape index (κ2) is 5.85. The summed E-state index contributed by atoms with van der Waals surface area (Å²) in [6.45, 7) is 4.69. The number of hydrogen-bond acceptors (Lipinski definition) is 7. The van der Waals surface area contributed by atoms with Crippen molar-refractivity contribution in [3.63, 3.8) is 0 Å². The first-order valence-electron chi connectivity index (χ1n) is 5.70. The van der Waals surface area contributed by atoms with E-state index in [1.807, 2.05) is 0 Å². The second-order valence-electron chi connectivity index (χ2n) is 5.35. The third-order valence-electron chi connectivity index (χ3n) is 2.68. The Kier molecular flexibility index (Phi) is 5.16. The molecule has 7 heteroatoms. The molecule has 0 amide bonds. The van der Waals surface area contributed by atoms with Gasteiger partial charge in [0.2, 0.25) is 0 Å². The third-order valence-corrected chi connectivity index (χ3v) is 4.13. The molecule has 0 aliphatic carbocycles. The van der Waals surface area contributed by atoms with Crippen LogP contribution in [0.4, 0.5) is 0 Å². The summed E-state index contributed by atoms with van der Waals surface area (Å²) in [4.78, 5) is 11.8. The molecule has 5 atom stereocenters. The molecular weight excluding hydrogens is 260 g/mol. The Morgan fingerprint density at radius 3 is 2.17 bits per heavy atom. The fourth-order valence-corrected chi connectivity index (χ4v) is 2.51. The van der Waals surface area contributed by atoms with Crippen molar-refractivity contribution in [2.24, 2.45) is 5.41 Å². The Bertz CT molecular complexity index is 300. The van der Waals surface area contributed by atoms with E-state index in [4.69, 9.17) is 9.84 Å². The van der Waals surface area contributed by atoms with Crippen LogP contribution in [0.2, 0.25) is 0 Å². The first-order valence-corrected chi connectivity index (χ1v) is 6.58. The Morgan fingerprint density at radius 1 is 1.17 bits per heavy atom. The number of rotatable bonds is 2. The normalized spacial score (nSPS) is 37.6. The maximum absolute atomic E-state index is 11.8. The molecule has 0 aromatic carbocycles. The van der Waals surface area contributed by atoms with Crippen LogP contribution in [0.1, 0.15) is 20.8 Å². The predicted molar refractivity (Wildman–Crippen MR) is 65.8 cm³/mol. The molecule has 0 aromatic rings. The number of thioether (sulfide) groups is 1. The van der Waals surface area contributed by atoms with Crippen molar-refractivity contribution in [3.8, 4) is 0 Å². The molecule has 0 radical (unpaired) electrons. The minimum atomic E-state index is -1.44. The summed E-state index contributed by atoms with van der Waals surface area (Å²) >= 11 is 0.767. The molecule has 0 aromatic heterocycles. The van der Waals surface area contributed by atoms with E-state index in [0.29, 0.717) is 0 Å². The average Bonchev–Trinajstić information content (AvgIpc) is 2.28. The van der Waals surface area contributed by atoms with Crippen LogP contribution in [0.3, 0.4) is 0 Å². The molecule has 1 aliphatic heterocycles. The van der Waals surface area contributed by atoms with Crippen molar-refractivity contribution < 1.29 is 30.0 Å². The molecule has 1 saturated heterocycles. The molecule has 1 rings (SSSR count). The van der Waals surface area contributed by atoms with Crippen molar-refractivity contribution in [3.05, 3.63) is 0 Å².